The standard InChI is InChI=1S/C25H29Cl2N3O5S/c1-4-16(2)28-24(32)17(3)29(15-18-11-12-19(26)14-21(18)27)23(31)10-7-13-30-25(33)20-8-5-6-9-22(20)36(30,34)35/h5-6,8-9,11-12,14,16-17H,4,7,10,13,15H2,1-3H3,(H,28,32)/t16-,17+/m1/s1. The van der Waals surface area contributed by atoms with Crippen LogP contribution >= 0.6 is 23.2 Å². The molecule has 8 nitrogen and oxygen atoms in total. The molecule has 0 aromatic heterocycles. The zero-order valence-electron chi connectivity index (χ0n) is 20.3. The van der Waals surface area contributed by atoms with E-state index in [1.807, 2.05) is 13.8 Å². The molecule has 194 valence electrons. The van der Waals surface area contributed by atoms with Crippen molar-refractivity contribution in [3.05, 3.63) is 63.6 Å². The fourth-order valence-electron chi connectivity index (χ4n) is 3.85. The van der Waals surface area contributed by atoms with Crippen LogP contribution in [-0.2, 0) is 26.2 Å². The molecule has 0 aliphatic carbocycles. The van der Waals surface area contributed by atoms with Crippen LogP contribution < -0.4 is 5.32 Å². The van der Waals surface area contributed by atoms with E-state index in [4.69, 9.17) is 23.2 Å². The molecule has 0 spiro atoms. The Hall–Kier alpha value is -2.62. The zero-order valence-corrected chi connectivity index (χ0v) is 22.7. The predicted molar refractivity (Wildman–Crippen MR) is 138 cm³/mol. The van der Waals surface area contributed by atoms with Gasteiger partial charge in [-0.05, 0) is 56.5 Å². The molecule has 2 aromatic rings. The van der Waals surface area contributed by atoms with Crippen molar-refractivity contribution >= 4 is 50.9 Å². The molecule has 0 saturated carbocycles. The molecule has 2 aromatic carbocycles. The lowest BCUT2D eigenvalue weighted by Gasteiger charge is -2.30. The van der Waals surface area contributed by atoms with Gasteiger partial charge >= 0.3 is 0 Å². The summed E-state index contributed by atoms with van der Waals surface area (Å²) in [6.07, 6.45) is 0.764. The molecule has 2 atom stereocenters. The van der Waals surface area contributed by atoms with Crippen LogP contribution in [0.5, 0.6) is 0 Å². The highest BCUT2D eigenvalue weighted by Crippen LogP contribution is 2.30. The largest absolute Gasteiger partial charge is 0.352 e. The van der Waals surface area contributed by atoms with E-state index in [-0.39, 0.29) is 54.2 Å². The second kappa shape index (κ2) is 11.6. The van der Waals surface area contributed by atoms with Crippen molar-refractivity contribution in [1.29, 1.82) is 0 Å². The van der Waals surface area contributed by atoms with Crippen LogP contribution in [0.15, 0.2) is 47.4 Å². The minimum atomic E-state index is -3.95. The number of rotatable bonds is 10. The van der Waals surface area contributed by atoms with Gasteiger partial charge in [-0.2, -0.15) is 0 Å². The first-order valence-corrected chi connectivity index (χ1v) is 13.9. The van der Waals surface area contributed by atoms with Crippen molar-refractivity contribution in [3.63, 3.8) is 0 Å². The van der Waals surface area contributed by atoms with Gasteiger partial charge in [0, 0.05) is 35.6 Å². The molecular weight excluding hydrogens is 525 g/mol. The highest BCUT2D eigenvalue weighted by Gasteiger charge is 2.40. The quantitative estimate of drug-likeness (QED) is 0.473. The Labute approximate surface area is 221 Å². The minimum absolute atomic E-state index is 0.0318. The molecule has 0 unspecified atom stereocenters. The third-order valence-electron chi connectivity index (χ3n) is 6.19. The second-order valence-corrected chi connectivity index (χ2v) is 11.4. The normalized spacial score (nSPS) is 15.8. The first-order chi connectivity index (χ1) is 17.0. The molecule has 0 fully saturated rings. The molecule has 36 heavy (non-hydrogen) atoms. The van der Waals surface area contributed by atoms with Gasteiger partial charge in [-0.1, -0.05) is 48.3 Å². The van der Waals surface area contributed by atoms with Crippen molar-refractivity contribution in [2.75, 3.05) is 6.54 Å². The number of fused-ring (bicyclic) bond motifs is 1. The summed E-state index contributed by atoms with van der Waals surface area (Å²) in [5, 5.41) is 3.69. The van der Waals surface area contributed by atoms with Gasteiger partial charge in [0.2, 0.25) is 11.8 Å². The summed E-state index contributed by atoms with van der Waals surface area (Å²) in [7, 11) is -3.95. The molecular formula is C25H29Cl2N3O5S. The van der Waals surface area contributed by atoms with Crippen molar-refractivity contribution in [1.82, 2.24) is 14.5 Å². The lowest BCUT2D eigenvalue weighted by Crippen LogP contribution is -2.49. The van der Waals surface area contributed by atoms with Crippen LogP contribution in [0.2, 0.25) is 10.0 Å². The molecule has 1 aliphatic rings. The Morgan fingerprint density at radius 1 is 1.11 bits per heavy atom. The molecule has 11 heteroatoms. The Kier molecular flexibility index (Phi) is 9.03. The van der Waals surface area contributed by atoms with Crippen LogP contribution in [0.4, 0.5) is 0 Å². The van der Waals surface area contributed by atoms with Gasteiger partial charge in [0.15, 0.2) is 0 Å². The average Bonchev–Trinajstić information content (AvgIpc) is 3.03. The van der Waals surface area contributed by atoms with E-state index in [0.29, 0.717) is 15.6 Å². The lowest BCUT2D eigenvalue weighted by molar-refractivity contribution is -0.141. The van der Waals surface area contributed by atoms with Gasteiger partial charge in [-0.25, -0.2) is 12.7 Å². The predicted octanol–water partition coefficient (Wildman–Crippen LogP) is 4.25. The number of benzene rings is 2. The summed E-state index contributed by atoms with van der Waals surface area (Å²) in [6.45, 7) is 5.36. The smallest absolute Gasteiger partial charge is 0.269 e. The lowest BCUT2D eigenvalue weighted by atomic mass is 10.1. The molecule has 0 bridgehead atoms. The maximum Gasteiger partial charge on any atom is 0.269 e. The number of hydrogen-bond donors (Lipinski definition) is 1. The number of nitrogens with zero attached hydrogens (tertiary/aromatic N) is 2. The second-order valence-electron chi connectivity index (χ2n) is 8.73. The van der Waals surface area contributed by atoms with E-state index < -0.39 is 22.0 Å². The Balaban J connectivity index is 1.74. The van der Waals surface area contributed by atoms with Gasteiger partial charge in [0.05, 0.1) is 5.56 Å². The highest BCUT2D eigenvalue weighted by molar-refractivity contribution is 7.90. The average molecular weight is 554 g/mol. The summed E-state index contributed by atoms with van der Waals surface area (Å²) in [5.74, 6) is -1.28. The van der Waals surface area contributed by atoms with E-state index in [9.17, 15) is 22.8 Å². The zero-order chi connectivity index (χ0) is 26.6. The van der Waals surface area contributed by atoms with Crippen molar-refractivity contribution in [2.45, 2.75) is 63.6 Å². The summed E-state index contributed by atoms with van der Waals surface area (Å²) < 4.78 is 26.3. The van der Waals surface area contributed by atoms with Crippen LogP contribution in [0.3, 0.4) is 0 Å². The first-order valence-electron chi connectivity index (χ1n) is 11.7. The van der Waals surface area contributed by atoms with Gasteiger partial charge in [0.1, 0.15) is 10.9 Å². The van der Waals surface area contributed by atoms with Crippen LogP contribution in [0, 0.1) is 0 Å². The number of carbonyl (C=O) groups excluding carboxylic acids is 3. The Bertz CT molecular complexity index is 1270. The molecule has 0 saturated heterocycles. The van der Waals surface area contributed by atoms with Crippen LogP contribution in [0.1, 0.15) is 56.0 Å². The third kappa shape index (κ3) is 6.02. The van der Waals surface area contributed by atoms with Crippen LogP contribution in [0.25, 0.3) is 0 Å². The van der Waals surface area contributed by atoms with Gasteiger partial charge in [0.25, 0.3) is 15.9 Å². The maximum absolute atomic E-state index is 13.3. The fraction of sp³-hybridized carbons (Fsp3) is 0.400. The Morgan fingerprint density at radius 3 is 2.44 bits per heavy atom. The van der Waals surface area contributed by atoms with E-state index in [1.165, 1.54) is 17.0 Å². The molecule has 1 N–H and O–H groups in total. The number of halogens is 2. The van der Waals surface area contributed by atoms with E-state index in [0.717, 1.165) is 10.7 Å². The number of hydrogen-bond acceptors (Lipinski definition) is 5. The number of nitrogens with one attached hydrogen (secondary N) is 1. The number of sulfonamides is 1. The third-order valence-corrected chi connectivity index (χ3v) is 8.62. The fourth-order valence-corrected chi connectivity index (χ4v) is 5.93. The highest BCUT2D eigenvalue weighted by atomic mass is 35.5. The molecule has 3 amide bonds. The molecule has 0 radical (unpaired) electrons. The number of amides is 3. The molecule has 3 rings (SSSR count). The first kappa shape index (κ1) is 28.0. The molecule has 1 aliphatic heterocycles. The van der Waals surface area contributed by atoms with Crippen molar-refractivity contribution in [2.24, 2.45) is 0 Å². The van der Waals surface area contributed by atoms with Crippen molar-refractivity contribution in [3.8, 4) is 0 Å². The summed E-state index contributed by atoms with van der Waals surface area (Å²) >= 11 is 12.3. The van der Waals surface area contributed by atoms with E-state index >= 15 is 0 Å². The minimum Gasteiger partial charge on any atom is -0.352 e. The van der Waals surface area contributed by atoms with Gasteiger partial charge in [-0.3, -0.25) is 14.4 Å². The van der Waals surface area contributed by atoms with E-state index in [1.54, 1.807) is 37.3 Å². The number of carbonyl (C=O) groups is 3. The van der Waals surface area contributed by atoms with Gasteiger partial charge < -0.3 is 10.2 Å². The Morgan fingerprint density at radius 2 is 1.81 bits per heavy atom. The topological polar surface area (TPSA) is 104 Å². The summed E-state index contributed by atoms with van der Waals surface area (Å²) in [5.41, 5.74) is 0.739. The summed E-state index contributed by atoms with van der Waals surface area (Å²) in [4.78, 5) is 40.1. The maximum atomic E-state index is 13.3. The van der Waals surface area contributed by atoms with Crippen molar-refractivity contribution < 1.29 is 22.8 Å². The summed E-state index contributed by atoms with van der Waals surface area (Å²) in [6, 6.07) is 10.1. The monoisotopic (exact) mass is 553 g/mol. The molecule has 1 heterocycles. The van der Waals surface area contributed by atoms with Crippen LogP contribution in [-0.4, -0.2) is 54.0 Å². The van der Waals surface area contributed by atoms with Gasteiger partial charge in [-0.15, -0.1) is 0 Å². The van der Waals surface area contributed by atoms with E-state index in [2.05, 4.69) is 5.32 Å². The SMILES string of the molecule is CC[C@@H](C)NC(=O)[C@H](C)N(Cc1ccc(Cl)cc1Cl)C(=O)CCCN1C(=O)c2ccccc2S1(=O)=O.